The molecular weight excluding hydrogens is 232 g/mol. The molecule has 2 amide bonds. The minimum atomic E-state index is -1.10. The van der Waals surface area contributed by atoms with E-state index in [0.717, 1.165) is 16.2 Å². The summed E-state index contributed by atoms with van der Waals surface area (Å²) in [6.45, 7) is 0.0709. The highest BCUT2D eigenvalue weighted by atomic mass is 32.1. The number of carboxylic acid groups (broad SMARTS) is 1. The predicted octanol–water partition coefficient (Wildman–Crippen LogP) is 0.490. The van der Waals surface area contributed by atoms with Crippen molar-refractivity contribution in [3.05, 3.63) is 16.1 Å². The molecule has 0 radical (unpaired) electrons. The van der Waals surface area contributed by atoms with Gasteiger partial charge in [-0.2, -0.15) is 0 Å². The van der Waals surface area contributed by atoms with Crippen LogP contribution in [0.4, 0.5) is 0 Å². The van der Waals surface area contributed by atoms with Crippen molar-refractivity contribution in [1.29, 1.82) is 0 Å². The summed E-state index contributed by atoms with van der Waals surface area (Å²) in [5.41, 5.74) is 0.436. The van der Waals surface area contributed by atoms with Gasteiger partial charge in [-0.15, -0.1) is 11.3 Å². The summed E-state index contributed by atoms with van der Waals surface area (Å²) in [6.07, 6.45) is 0.462. The van der Waals surface area contributed by atoms with Crippen molar-refractivity contribution < 1.29 is 19.5 Å². The van der Waals surface area contributed by atoms with Gasteiger partial charge in [0, 0.05) is 18.2 Å². The van der Waals surface area contributed by atoms with Crippen LogP contribution in [0.3, 0.4) is 0 Å². The van der Waals surface area contributed by atoms with Crippen LogP contribution in [0.5, 0.6) is 0 Å². The first kappa shape index (κ1) is 10.7. The van der Waals surface area contributed by atoms with E-state index in [4.69, 9.17) is 5.11 Å². The molecule has 2 rings (SSSR count). The van der Waals surface area contributed by atoms with Crippen LogP contribution in [0.15, 0.2) is 5.38 Å². The molecule has 1 aromatic rings. The van der Waals surface area contributed by atoms with Crippen LogP contribution in [0.25, 0.3) is 0 Å². The standard InChI is InChI=1S/C9H8N2O4S/c12-6-1-2-7(13)11(6)3-5-4-16-8(10-5)9(14)15/h4H,1-3H2,(H,14,15). The summed E-state index contributed by atoms with van der Waals surface area (Å²) in [5.74, 6) is -1.56. The maximum Gasteiger partial charge on any atom is 0.365 e. The Morgan fingerprint density at radius 3 is 2.56 bits per heavy atom. The van der Waals surface area contributed by atoms with Crippen LogP contribution in [-0.4, -0.2) is 32.8 Å². The Morgan fingerprint density at radius 2 is 2.06 bits per heavy atom. The number of hydrogen-bond acceptors (Lipinski definition) is 5. The molecule has 0 atom stereocenters. The van der Waals surface area contributed by atoms with Crippen LogP contribution in [-0.2, 0) is 16.1 Å². The van der Waals surface area contributed by atoms with Gasteiger partial charge >= 0.3 is 5.97 Å². The Morgan fingerprint density at radius 1 is 1.44 bits per heavy atom. The Kier molecular flexibility index (Phi) is 2.69. The summed E-state index contributed by atoms with van der Waals surface area (Å²) in [4.78, 5) is 38.1. The average molecular weight is 240 g/mol. The van der Waals surface area contributed by atoms with E-state index in [1.165, 1.54) is 0 Å². The van der Waals surface area contributed by atoms with Gasteiger partial charge in [0.25, 0.3) is 0 Å². The van der Waals surface area contributed by atoms with Gasteiger partial charge in [-0.3, -0.25) is 14.5 Å². The van der Waals surface area contributed by atoms with Crippen LogP contribution in [0, 0.1) is 0 Å². The Balaban J connectivity index is 2.11. The number of amides is 2. The number of aromatic carboxylic acids is 1. The molecule has 1 saturated heterocycles. The minimum absolute atomic E-state index is 0.0332. The molecule has 1 aromatic heterocycles. The van der Waals surface area contributed by atoms with Crippen molar-refractivity contribution in [2.45, 2.75) is 19.4 Å². The number of carbonyl (C=O) groups excluding carboxylic acids is 2. The van der Waals surface area contributed by atoms with Gasteiger partial charge in [0.05, 0.1) is 12.2 Å². The molecule has 84 valence electrons. The third-order valence-corrected chi connectivity index (χ3v) is 3.09. The third kappa shape index (κ3) is 1.94. The van der Waals surface area contributed by atoms with E-state index in [9.17, 15) is 14.4 Å². The van der Waals surface area contributed by atoms with E-state index in [1.54, 1.807) is 5.38 Å². The fraction of sp³-hybridized carbons (Fsp3) is 0.333. The average Bonchev–Trinajstić information content (AvgIpc) is 2.80. The van der Waals surface area contributed by atoms with E-state index in [0.29, 0.717) is 5.69 Å². The molecule has 6 nitrogen and oxygen atoms in total. The molecule has 1 N–H and O–H groups in total. The second-order valence-electron chi connectivity index (χ2n) is 3.32. The van der Waals surface area contributed by atoms with Crippen molar-refractivity contribution in [2.75, 3.05) is 0 Å². The molecule has 0 saturated carbocycles. The summed E-state index contributed by atoms with van der Waals surface area (Å²) < 4.78 is 0. The first-order valence-corrected chi connectivity index (χ1v) is 5.47. The van der Waals surface area contributed by atoms with Gasteiger partial charge in [-0.1, -0.05) is 0 Å². The highest BCUT2D eigenvalue weighted by Gasteiger charge is 2.29. The summed E-state index contributed by atoms with van der Waals surface area (Å²) in [6, 6.07) is 0. The van der Waals surface area contributed by atoms with Gasteiger partial charge < -0.3 is 5.11 Å². The topological polar surface area (TPSA) is 87.6 Å². The van der Waals surface area contributed by atoms with Crippen LogP contribution < -0.4 is 0 Å². The van der Waals surface area contributed by atoms with Gasteiger partial charge in [-0.25, -0.2) is 9.78 Å². The molecule has 1 aliphatic heterocycles. The maximum absolute atomic E-state index is 11.3. The van der Waals surface area contributed by atoms with E-state index < -0.39 is 5.97 Å². The van der Waals surface area contributed by atoms with Crippen molar-refractivity contribution in [1.82, 2.24) is 9.88 Å². The van der Waals surface area contributed by atoms with E-state index >= 15 is 0 Å². The highest BCUT2D eigenvalue weighted by Crippen LogP contribution is 2.17. The minimum Gasteiger partial charge on any atom is -0.476 e. The third-order valence-electron chi connectivity index (χ3n) is 2.21. The smallest absolute Gasteiger partial charge is 0.365 e. The predicted molar refractivity (Wildman–Crippen MR) is 53.9 cm³/mol. The first-order chi connectivity index (χ1) is 7.58. The normalized spacial score (nSPS) is 15.9. The summed E-state index contributed by atoms with van der Waals surface area (Å²) in [5, 5.41) is 10.2. The number of likely N-dealkylation sites (tertiary alicyclic amines) is 1. The zero-order valence-electron chi connectivity index (χ0n) is 8.17. The molecule has 2 heterocycles. The number of imide groups is 1. The zero-order chi connectivity index (χ0) is 11.7. The molecule has 0 aliphatic carbocycles. The lowest BCUT2D eigenvalue weighted by Gasteiger charge is -2.10. The van der Waals surface area contributed by atoms with Gasteiger partial charge in [0.2, 0.25) is 16.8 Å². The molecule has 0 spiro atoms. The number of hydrogen-bond donors (Lipinski definition) is 1. The van der Waals surface area contributed by atoms with Crippen LogP contribution in [0.1, 0.15) is 28.3 Å². The summed E-state index contributed by atoms with van der Waals surface area (Å²) in [7, 11) is 0. The van der Waals surface area contributed by atoms with E-state index in [1.807, 2.05) is 0 Å². The molecule has 16 heavy (non-hydrogen) atoms. The molecular formula is C9H8N2O4S. The van der Waals surface area contributed by atoms with Crippen molar-refractivity contribution in [3.8, 4) is 0 Å². The Hall–Kier alpha value is -1.76. The largest absolute Gasteiger partial charge is 0.476 e. The van der Waals surface area contributed by atoms with Crippen LogP contribution in [0.2, 0.25) is 0 Å². The number of nitrogens with zero attached hydrogens (tertiary/aromatic N) is 2. The summed E-state index contributed by atoms with van der Waals surface area (Å²) >= 11 is 0.984. The molecule has 0 unspecified atom stereocenters. The lowest BCUT2D eigenvalue weighted by Crippen LogP contribution is -2.28. The maximum atomic E-state index is 11.3. The molecule has 0 aromatic carbocycles. The van der Waals surface area contributed by atoms with Gasteiger partial charge in [0.1, 0.15) is 0 Å². The molecule has 0 bridgehead atoms. The number of carbonyl (C=O) groups is 3. The van der Waals surface area contributed by atoms with Crippen LogP contribution >= 0.6 is 11.3 Å². The van der Waals surface area contributed by atoms with E-state index in [-0.39, 0.29) is 36.2 Å². The van der Waals surface area contributed by atoms with Crippen molar-refractivity contribution in [2.24, 2.45) is 0 Å². The van der Waals surface area contributed by atoms with Crippen molar-refractivity contribution >= 4 is 29.1 Å². The monoisotopic (exact) mass is 240 g/mol. The van der Waals surface area contributed by atoms with Gasteiger partial charge in [-0.05, 0) is 0 Å². The fourth-order valence-electron chi connectivity index (χ4n) is 1.44. The number of aromatic nitrogens is 1. The fourth-order valence-corrected chi connectivity index (χ4v) is 2.08. The second kappa shape index (κ2) is 4.01. The Labute approximate surface area is 94.5 Å². The molecule has 1 fully saturated rings. The second-order valence-corrected chi connectivity index (χ2v) is 4.18. The molecule has 7 heteroatoms. The lowest BCUT2D eigenvalue weighted by molar-refractivity contribution is -0.139. The van der Waals surface area contributed by atoms with Crippen molar-refractivity contribution in [3.63, 3.8) is 0 Å². The SMILES string of the molecule is O=C(O)c1nc(CN2C(=O)CCC2=O)cs1. The molecule has 1 aliphatic rings. The number of carboxylic acids is 1. The Bertz CT molecular complexity index is 452. The zero-order valence-corrected chi connectivity index (χ0v) is 8.99. The quantitative estimate of drug-likeness (QED) is 0.777. The first-order valence-electron chi connectivity index (χ1n) is 4.59. The highest BCUT2D eigenvalue weighted by molar-refractivity contribution is 7.11. The van der Waals surface area contributed by atoms with E-state index in [2.05, 4.69) is 4.98 Å². The lowest BCUT2D eigenvalue weighted by atomic mass is 10.4. The van der Waals surface area contributed by atoms with Gasteiger partial charge in [0.15, 0.2) is 0 Å². The number of thiazole rings is 1. The number of rotatable bonds is 3.